The van der Waals surface area contributed by atoms with Gasteiger partial charge in [-0.25, -0.2) is 13.8 Å². The summed E-state index contributed by atoms with van der Waals surface area (Å²) in [5, 5.41) is 4.93. The van der Waals surface area contributed by atoms with Gasteiger partial charge in [0.2, 0.25) is 5.82 Å². The molecule has 0 aliphatic rings. The van der Waals surface area contributed by atoms with Crippen molar-refractivity contribution in [1.82, 2.24) is 14.7 Å². The molecule has 0 bridgehead atoms. The Kier molecular flexibility index (Phi) is 5.16. The van der Waals surface area contributed by atoms with Gasteiger partial charge in [-0.2, -0.15) is 0 Å². The van der Waals surface area contributed by atoms with E-state index in [-0.39, 0.29) is 17.4 Å². The molecule has 0 aliphatic carbocycles. The Morgan fingerprint density at radius 3 is 2.44 bits per heavy atom. The Morgan fingerprint density at radius 2 is 1.78 bits per heavy atom. The molecule has 0 radical (unpaired) electrons. The van der Waals surface area contributed by atoms with E-state index < -0.39 is 29.1 Å². The minimum atomic E-state index is -0.904. The number of carbonyl (C=O) groups is 2. The summed E-state index contributed by atoms with van der Waals surface area (Å²) < 4.78 is 29.0. The highest BCUT2D eigenvalue weighted by Crippen LogP contribution is 2.20. The van der Waals surface area contributed by atoms with Crippen LogP contribution in [-0.2, 0) is 0 Å². The zero-order chi connectivity index (χ0) is 19.6. The fraction of sp³-hybridized carbons (Fsp3) is 0.211. The first-order valence-electron chi connectivity index (χ1n) is 8.39. The third-order valence-corrected chi connectivity index (χ3v) is 3.84. The van der Waals surface area contributed by atoms with Crippen molar-refractivity contribution in [3.8, 4) is 0 Å². The summed E-state index contributed by atoms with van der Waals surface area (Å²) in [7, 11) is 0. The van der Waals surface area contributed by atoms with Crippen molar-refractivity contribution >= 4 is 23.0 Å². The highest BCUT2D eigenvalue weighted by Gasteiger charge is 2.23. The molecular weight excluding hydrogens is 354 g/mol. The number of benzene rings is 1. The monoisotopic (exact) mass is 372 g/mol. The zero-order valence-electron chi connectivity index (χ0n) is 14.8. The molecule has 0 saturated heterocycles. The predicted molar refractivity (Wildman–Crippen MR) is 96.7 cm³/mol. The smallest absolute Gasteiger partial charge is 0.292 e. The molecule has 2 aromatic heterocycles. The quantitative estimate of drug-likeness (QED) is 0.722. The van der Waals surface area contributed by atoms with E-state index in [0.29, 0.717) is 12.1 Å². The molecule has 2 heterocycles. The van der Waals surface area contributed by atoms with Gasteiger partial charge in [-0.3, -0.25) is 14.0 Å². The van der Waals surface area contributed by atoms with Crippen molar-refractivity contribution in [2.24, 2.45) is 5.92 Å². The standard InChI is InChI=1S/C19H18F2N4O2/c1-11(2)10-22-18(26)16-14-8-3-4-9-25(14)17(23-16)19(27)24-15-12(20)6-5-7-13(15)21/h3-9,11H,10H2,1-2H3,(H,22,26)(H,24,27). The third-order valence-electron chi connectivity index (χ3n) is 3.84. The van der Waals surface area contributed by atoms with Crippen molar-refractivity contribution in [3.63, 3.8) is 0 Å². The average molecular weight is 372 g/mol. The molecule has 0 unspecified atom stereocenters. The second-order valence-corrected chi connectivity index (χ2v) is 6.39. The number of fused-ring (bicyclic) bond motifs is 1. The number of carbonyl (C=O) groups excluding carboxylic acids is 2. The number of aromatic nitrogens is 2. The van der Waals surface area contributed by atoms with Gasteiger partial charge in [-0.1, -0.05) is 26.0 Å². The van der Waals surface area contributed by atoms with Crippen molar-refractivity contribution < 1.29 is 18.4 Å². The lowest BCUT2D eigenvalue weighted by Crippen LogP contribution is -2.27. The summed E-state index contributed by atoms with van der Waals surface area (Å²) in [5.41, 5.74) is -0.0886. The van der Waals surface area contributed by atoms with E-state index >= 15 is 0 Å². The minimum Gasteiger partial charge on any atom is -0.350 e. The topological polar surface area (TPSA) is 75.5 Å². The highest BCUT2D eigenvalue weighted by molar-refractivity contribution is 6.06. The summed E-state index contributed by atoms with van der Waals surface area (Å²) >= 11 is 0. The molecular formula is C19H18F2N4O2. The SMILES string of the molecule is CC(C)CNC(=O)c1nc(C(=O)Nc2c(F)cccc2F)n2ccccc12. The van der Waals surface area contributed by atoms with E-state index in [4.69, 9.17) is 0 Å². The molecule has 0 spiro atoms. The molecule has 8 heteroatoms. The lowest BCUT2D eigenvalue weighted by atomic mass is 10.2. The lowest BCUT2D eigenvalue weighted by molar-refractivity contribution is 0.0946. The van der Waals surface area contributed by atoms with Gasteiger partial charge >= 0.3 is 0 Å². The minimum absolute atomic E-state index is 0.0652. The highest BCUT2D eigenvalue weighted by atomic mass is 19.1. The Balaban J connectivity index is 1.97. The van der Waals surface area contributed by atoms with Gasteiger partial charge in [0.05, 0.1) is 5.52 Å². The second-order valence-electron chi connectivity index (χ2n) is 6.39. The van der Waals surface area contributed by atoms with Crippen molar-refractivity contribution in [2.45, 2.75) is 13.8 Å². The number of anilines is 1. The van der Waals surface area contributed by atoms with Gasteiger partial charge in [0.25, 0.3) is 11.8 Å². The van der Waals surface area contributed by atoms with Crippen LogP contribution >= 0.6 is 0 Å². The van der Waals surface area contributed by atoms with E-state index in [2.05, 4.69) is 15.6 Å². The number of rotatable bonds is 5. The first-order chi connectivity index (χ1) is 12.9. The number of hydrogen-bond acceptors (Lipinski definition) is 3. The van der Waals surface area contributed by atoms with Gasteiger partial charge in [-0.15, -0.1) is 0 Å². The number of amides is 2. The number of nitrogens with one attached hydrogen (secondary N) is 2. The first kappa shape index (κ1) is 18.5. The predicted octanol–water partition coefficient (Wildman–Crippen LogP) is 3.25. The van der Waals surface area contributed by atoms with Crippen LogP contribution in [0, 0.1) is 17.6 Å². The summed E-state index contributed by atoms with van der Waals surface area (Å²) in [4.78, 5) is 29.1. The van der Waals surface area contributed by atoms with Gasteiger partial charge in [0, 0.05) is 12.7 Å². The number of pyridine rings is 1. The molecule has 1 aromatic carbocycles. The summed E-state index contributed by atoms with van der Waals surface area (Å²) in [6, 6.07) is 8.26. The van der Waals surface area contributed by atoms with Crippen LogP contribution in [0.3, 0.4) is 0 Å². The van der Waals surface area contributed by atoms with E-state index in [9.17, 15) is 18.4 Å². The van der Waals surface area contributed by atoms with Crippen molar-refractivity contribution in [3.05, 3.63) is 65.7 Å². The Labute approximate surface area is 154 Å². The van der Waals surface area contributed by atoms with E-state index in [0.717, 1.165) is 12.1 Å². The maximum Gasteiger partial charge on any atom is 0.292 e. The van der Waals surface area contributed by atoms with E-state index in [1.54, 1.807) is 24.4 Å². The second kappa shape index (κ2) is 7.53. The number of imidazole rings is 1. The van der Waals surface area contributed by atoms with Crippen LogP contribution in [0.15, 0.2) is 42.6 Å². The molecule has 0 saturated carbocycles. The van der Waals surface area contributed by atoms with Gasteiger partial charge < -0.3 is 10.6 Å². The van der Waals surface area contributed by atoms with Crippen molar-refractivity contribution in [2.75, 3.05) is 11.9 Å². The van der Waals surface area contributed by atoms with Gasteiger partial charge in [-0.05, 0) is 30.2 Å². The summed E-state index contributed by atoms with van der Waals surface area (Å²) in [5.74, 6) is -2.97. The Hall–Kier alpha value is -3.29. The summed E-state index contributed by atoms with van der Waals surface area (Å²) in [6.07, 6.45) is 1.55. The van der Waals surface area contributed by atoms with Crippen LogP contribution in [0.4, 0.5) is 14.5 Å². The fourth-order valence-electron chi connectivity index (χ4n) is 2.53. The maximum absolute atomic E-state index is 13.8. The van der Waals surface area contributed by atoms with Crippen molar-refractivity contribution in [1.29, 1.82) is 0 Å². The number of halogens is 2. The van der Waals surface area contributed by atoms with Crippen LogP contribution < -0.4 is 10.6 Å². The largest absolute Gasteiger partial charge is 0.350 e. The normalized spacial score (nSPS) is 11.0. The van der Waals surface area contributed by atoms with E-state index in [1.807, 2.05) is 13.8 Å². The molecule has 6 nitrogen and oxygen atoms in total. The zero-order valence-corrected chi connectivity index (χ0v) is 14.8. The fourth-order valence-corrected chi connectivity index (χ4v) is 2.53. The first-order valence-corrected chi connectivity index (χ1v) is 8.39. The lowest BCUT2D eigenvalue weighted by Gasteiger charge is -2.06. The summed E-state index contributed by atoms with van der Waals surface area (Å²) in [6.45, 7) is 4.35. The number of para-hydroxylation sites is 1. The third kappa shape index (κ3) is 3.79. The molecule has 27 heavy (non-hydrogen) atoms. The molecule has 2 N–H and O–H groups in total. The number of nitrogens with zero attached hydrogens (tertiary/aromatic N) is 2. The Bertz CT molecular complexity index is 994. The maximum atomic E-state index is 13.8. The number of hydrogen-bond donors (Lipinski definition) is 2. The van der Waals surface area contributed by atoms with Gasteiger partial charge in [0.15, 0.2) is 5.69 Å². The molecule has 0 atom stereocenters. The molecule has 0 fully saturated rings. The van der Waals surface area contributed by atoms with Crippen LogP contribution in [0.5, 0.6) is 0 Å². The van der Waals surface area contributed by atoms with Crippen LogP contribution in [-0.4, -0.2) is 27.7 Å². The van der Waals surface area contributed by atoms with Crippen LogP contribution in [0.1, 0.15) is 35.0 Å². The molecule has 3 rings (SSSR count). The van der Waals surface area contributed by atoms with Gasteiger partial charge in [0.1, 0.15) is 17.3 Å². The van der Waals surface area contributed by atoms with E-state index in [1.165, 1.54) is 10.5 Å². The molecule has 2 amide bonds. The average Bonchev–Trinajstić information content (AvgIpc) is 3.02. The molecule has 0 aliphatic heterocycles. The van der Waals surface area contributed by atoms with Crippen LogP contribution in [0.25, 0.3) is 5.52 Å². The Morgan fingerprint density at radius 1 is 1.07 bits per heavy atom. The molecule has 140 valence electrons. The molecule has 3 aromatic rings. The van der Waals surface area contributed by atoms with Crippen LogP contribution in [0.2, 0.25) is 0 Å².